The Hall–Kier alpha value is -3.59. The van der Waals surface area contributed by atoms with Crippen molar-refractivity contribution in [3.8, 4) is 0 Å². The number of benzene rings is 2. The van der Waals surface area contributed by atoms with Crippen LogP contribution in [-0.4, -0.2) is 26.8 Å². The molecule has 8 nitrogen and oxygen atoms in total. The molecule has 0 aliphatic carbocycles. The molecule has 2 aromatic carbocycles. The molecule has 0 aliphatic rings. The van der Waals surface area contributed by atoms with Crippen molar-refractivity contribution in [3.05, 3.63) is 78.8 Å². The number of carbonyl (C=O) groups excluding carboxylic acids is 2. The molecule has 0 atom stereocenters. The number of hydrogen-bond donors (Lipinski definition) is 3. The van der Waals surface area contributed by atoms with Gasteiger partial charge in [-0.2, -0.15) is 0 Å². The van der Waals surface area contributed by atoms with E-state index in [1.165, 1.54) is 36.6 Å². The third-order valence-corrected chi connectivity index (χ3v) is 5.03. The van der Waals surface area contributed by atoms with Gasteiger partial charge in [0, 0.05) is 11.4 Å². The van der Waals surface area contributed by atoms with Crippen LogP contribution in [0.5, 0.6) is 0 Å². The monoisotopic (exact) mass is 399 g/mol. The Morgan fingerprint density at radius 3 is 2.21 bits per heavy atom. The molecule has 1 aromatic heterocycles. The van der Waals surface area contributed by atoms with Gasteiger partial charge in [0.2, 0.25) is 5.91 Å². The zero-order chi connectivity index (χ0) is 20.0. The van der Waals surface area contributed by atoms with Crippen molar-refractivity contribution in [2.45, 2.75) is 4.90 Å². The lowest BCUT2D eigenvalue weighted by molar-refractivity contribution is -0.115. The molecule has 0 aliphatic heterocycles. The van der Waals surface area contributed by atoms with E-state index in [0.717, 1.165) is 0 Å². The Morgan fingerprint density at radius 1 is 0.857 bits per heavy atom. The standard InChI is InChI=1S/C19H17N3O5S/c23-18(13-20-19(24)17-7-4-12-27-17)21-14-8-10-16(11-9-14)28(25,26)22-15-5-2-1-3-6-15/h1-12,22H,13H2,(H,20,24)(H,21,23). The minimum absolute atomic E-state index is 0.0560. The molecule has 0 spiro atoms. The van der Waals surface area contributed by atoms with Gasteiger partial charge >= 0.3 is 0 Å². The lowest BCUT2D eigenvalue weighted by Crippen LogP contribution is -2.32. The first-order valence-electron chi connectivity index (χ1n) is 8.23. The maximum atomic E-state index is 12.4. The predicted octanol–water partition coefficient (Wildman–Crippen LogP) is 2.45. The van der Waals surface area contributed by atoms with Gasteiger partial charge < -0.3 is 15.1 Å². The average molecular weight is 399 g/mol. The SMILES string of the molecule is O=C(CNC(=O)c1ccco1)Nc1ccc(S(=O)(=O)Nc2ccccc2)cc1. The summed E-state index contributed by atoms with van der Waals surface area (Å²) in [5, 5.41) is 4.99. The van der Waals surface area contributed by atoms with Crippen molar-refractivity contribution in [1.82, 2.24) is 5.32 Å². The third-order valence-electron chi connectivity index (χ3n) is 3.63. The van der Waals surface area contributed by atoms with Gasteiger partial charge in [0.05, 0.1) is 17.7 Å². The van der Waals surface area contributed by atoms with E-state index in [-0.39, 0.29) is 17.2 Å². The van der Waals surface area contributed by atoms with Crippen molar-refractivity contribution in [2.24, 2.45) is 0 Å². The first kappa shape index (κ1) is 19.2. The molecule has 0 radical (unpaired) electrons. The van der Waals surface area contributed by atoms with E-state index in [1.807, 2.05) is 0 Å². The quantitative estimate of drug-likeness (QED) is 0.564. The van der Waals surface area contributed by atoms with Crippen LogP contribution in [0.1, 0.15) is 10.6 Å². The number of sulfonamides is 1. The van der Waals surface area contributed by atoms with E-state index in [1.54, 1.807) is 36.4 Å². The van der Waals surface area contributed by atoms with Crippen LogP contribution in [0.2, 0.25) is 0 Å². The van der Waals surface area contributed by atoms with E-state index in [4.69, 9.17) is 4.42 Å². The normalized spacial score (nSPS) is 10.9. The summed E-state index contributed by atoms with van der Waals surface area (Å²) in [4.78, 5) is 23.7. The summed E-state index contributed by atoms with van der Waals surface area (Å²) in [6.07, 6.45) is 1.36. The second kappa shape index (κ2) is 8.40. The van der Waals surface area contributed by atoms with Gasteiger partial charge in [-0.25, -0.2) is 8.42 Å². The van der Waals surface area contributed by atoms with E-state index in [2.05, 4.69) is 15.4 Å². The molecule has 2 amide bonds. The van der Waals surface area contributed by atoms with Crippen LogP contribution in [0.25, 0.3) is 0 Å². The molecular formula is C19H17N3O5S. The maximum absolute atomic E-state index is 12.4. The predicted molar refractivity (Wildman–Crippen MR) is 103 cm³/mol. The van der Waals surface area contributed by atoms with Gasteiger partial charge in [-0.05, 0) is 48.5 Å². The number of rotatable bonds is 7. The van der Waals surface area contributed by atoms with Crippen LogP contribution < -0.4 is 15.4 Å². The molecule has 144 valence electrons. The number of anilines is 2. The highest BCUT2D eigenvalue weighted by Gasteiger charge is 2.14. The fraction of sp³-hybridized carbons (Fsp3) is 0.0526. The molecule has 0 unspecified atom stereocenters. The zero-order valence-electron chi connectivity index (χ0n) is 14.6. The highest BCUT2D eigenvalue weighted by molar-refractivity contribution is 7.92. The number of para-hydroxylation sites is 1. The Kier molecular flexibility index (Phi) is 5.75. The smallest absolute Gasteiger partial charge is 0.287 e. The van der Waals surface area contributed by atoms with Gasteiger partial charge in [0.1, 0.15) is 0 Å². The van der Waals surface area contributed by atoms with Gasteiger partial charge in [-0.15, -0.1) is 0 Å². The Labute approximate surface area is 161 Å². The highest BCUT2D eigenvalue weighted by Crippen LogP contribution is 2.18. The summed E-state index contributed by atoms with van der Waals surface area (Å²) in [7, 11) is -3.74. The van der Waals surface area contributed by atoms with Crippen LogP contribution in [0.15, 0.2) is 82.3 Å². The Bertz CT molecular complexity index is 1050. The molecule has 3 aromatic rings. The largest absolute Gasteiger partial charge is 0.459 e. The zero-order valence-corrected chi connectivity index (χ0v) is 15.4. The van der Waals surface area contributed by atoms with Crippen molar-refractivity contribution in [1.29, 1.82) is 0 Å². The molecule has 28 heavy (non-hydrogen) atoms. The van der Waals surface area contributed by atoms with Crippen LogP contribution in [0, 0.1) is 0 Å². The summed E-state index contributed by atoms with van der Waals surface area (Å²) in [5.41, 5.74) is 0.850. The van der Waals surface area contributed by atoms with Crippen molar-refractivity contribution >= 4 is 33.2 Å². The summed E-state index contributed by atoms with van der Waals surface area (Å²) < 4.78 is 32.1. The minimum Gasteiger partial charge on any atom is -0.459 e. The maximum Gasteiger partial charge on any atom is 0.287 e. The highest BCUT2D eigenvalue weighted by atomic mass is 32.2. The molecule has 9 heteroatoms. The number of hydrogen-bond acceptors (Lipinski definition) is 5. The van der Waals surface area contributed by atoms with Gasteiger partial charge in [-0.1, -0.05) is 18.2 Å². The van der Waals surface area contributed by atoms with Crippen LogP contribution >= 0.6 is 0 Å². The number of furan rings is 1. The molecule has 0 saturated carbocycles. The van der Waals surface area contributed by atoms with Gasteiger partial charge in [0.15, 0.2) is 5.76 Å². The van der Waals surface area contributed by atoms with Gasteiger partial charge in [-0.3, -0.25) is 14.3 Å². The van der Waals surface area contributed by atoms with E-state index in [0.29, 0.717) is 11.4 Å². The summed E-state index contributed by atoms with van der Waals surface area (Å²) in [6, 6.07) is 17.2. The Morgan fingerprint density at radius 2 is 1.57 bits per heavy atom. The fourth-order valence-corrected chi connectivity index (χ4v) is 3.36. The van der Waals surface area contributed by atoms with E-state index in [9.17, 15) is 18.0 Å². The van der Waals surface area contributed by atoms with E-state index >= 15 is 0 Å². The van der Waals surface area contributed by atoms with Crippen LogP contribution in [-0.2, 0) is 14.8 Å². The number of carbonyl (C=O) groups is 2. The number of nitrogens with one attached hydrogen (secondary N) is 3. The molecule has 3 N–H and O–H groups in total. The number of amides is 2. The molecule has 1 heterocycles. The van der Waals surface area contributed by atoms with Crippen molar-refractivity contribution in [2.75, 3.05) is 16.6 Å². The van der Waals surface area contributed by atoms with Gasteiger partial charge in [0.25, 0.3) is 15.9 Å². The molecule has 3 rings (SSSR count). The Balaban J connectivity index is 1.56. The van der Waals surface area contributed by atoms with Crippen molar-refractivity contribution in [3.63, 3.8) is 0 Å². The van der Waals surface area contributed by atoms with Crippen LogP contribution in [0.4, 0.5) is 11.4 Å². The molecule has 0 fully saturated rings. The molecule has 0 saturated heterocycles. The van der Waals surface area contributed by atoms with E-state index < -0.39 is 21.8 Å². The lowest BCUT2D eigenvalue weighted by Gasteiger charge is -2.09. The molecular weight excluding hydrogens is 382 g/mol. The third kappa shape index (κ3) is 4.98. The fourth-order valence-electron chi connectivity index (χ4n) is 2.30. The molecule has 0 bridgehead atoms. The average Bonchev–Trinajstić information content (AvgIpc) is 3.22. The topological polar surface area (TPSA) is 118 Å². The van der Waals surface area contributed by atoms with Crippen LogP contribution in [0.3, 0.4) is 0 Å². The van der Waals surface area contributed by atoms with Crippen molar-refractivity contribution < 1.29 is 22.4 Å². The summed E-state index contributed by atoms with van der Waals surface area (Å²) >= 11 is 0. The minimum atomic E-state index is -3.74. The summed E-state index contributed by atoms with van der Waals surface area (Å²) in [6.45, 7) is -0.255. The first-order valence-corrected chi connectivity index (χ1v) is 9.72. The first-order chi connectivity index (χ1) is 13.4. The summed E-state index contributed by atoms with van der Waals surface area (Å²) in [5.74, 6) is -0.861. The second-order valence-corrected chi connectivity index (χ2v) is 7.39. The second-order valence-electron chi connectivity index (χ2n) is 5.70. The lowest BCUT2D eigenvalue weighted by atomic mass is 10.3.